The van der Waals surface area contributed by atoms with Gasteiger partial charge in [0.25, 0.3) is 5.91 Å². The van der Waals surface area contributed by atoms with Crippen LogP contribution in [0.25, 0.3) is 0 Å². The van der Waals surface area contributed by atoms with Crippen LogP contribution in [0.4, 0.5) is 0 Å². The molecular weight excluding hydrogens is 286 g/mol. The van der Waals surface area contributed by atoms with Crippen molar-refractivity contribution in [2.24, 2.45) is 5.92 Å². The van der Waals surface area contributed by atoms with Crippen molar-refractivity contribution >= 4 is 23.2 Å². The van der Waals surface area contributed by atoms with Crippen molar-refractivity contribution in [3.63, 3.8) is 0 Å². The average molecular weight is 309 g/mol. The molecule has 0 radical (unpaired) electrons. The van der Waals surface area contributed by atoms with E-state index in [4.69, 9.17) is 0 Å². The lowest BCUT2D eigenvalue weighted by Crippen LogP contribution is -2.54. The number of carbonyl (C=O) groups is 2. The largest absolute Gasteiger partial charge is 0.350 e. The van der Waals surface area contributed by atoms with Gasteiger partial charge < -0.3 is 16.0 Å². The zero-order valence-electron chi connectivity index (χ0n) is 12.5. The highest BCUT2D eigenvalue weighted by Crippen LogP contribution is 2.11. The Hall–Kier alpha value is -1.40. The lowest BCUT2D eigenvalue weighted by molar-refractivity contribution is -0.124. The number of hydrogen-bond acceptors (Lipinski definition) is 4. The van der Waals surface area contributed by atoms with E-state index in [0.717, 1.165) is 25.9 Å². The standard InChI is InChI=1S/C15H23N3O2S/c1-10(2)13(18-14(19)12-6-4-8-21-12)15(20)17-11-5-3-7-16-9-11/h4,6,8,10-11,13,16H,3,5,7,9H2,1-2H3,(H,17,20)(H,18,19)/t11-,13?/m0/s1. The molecule has 2 amide bonds. The van der Waals surface area contributed by atoms with Crippen LogP contribution in [0.3, 0.4) is 0 Å². The van der Waals surface area contributed by atoms with Crippen molar-refractivity contribution < 1.29 is 9.59 Å². The smallest absolute Gasteiger partial charge is 0.262 e. The number of hydrogen-bond donors (Lipinski definition) is 3. The minimum Gasteiger partial charge on any atom is -0.350 e. The van der Waals surface area contributed by atoms with Crippen molar-refractivity contribution in [1.82, 2.24) is 16.0 Å². The zero-order valence-corrected chi connectivity index (χ0v) is 13.3. The first-order chi connectivity index (χ1) is 10.1. The summed E-state index contributed by atoms with van der Waals surface area (Å²) < 4.78 is 0. The molecule has 2 heterocycles. The molecule has 0 saturated carbocycles. The number of thiophene rings is 1. The third-order valence-corrected chi connectivity index (χ3v) is 4.49. The lowest BCUT2D eigenvalue weighted by atomic mass is 10.0. The highest BCUT2D eigenvalue weighted by atomic mass is 32.1. The van der Waals surface area contributed by atoms with Gasteiger partial charge in [0.2, 0.25) is 5.91 Å². The van der Waals surface area contributed by atoms with E-state index in [9.17, 15) is 9.59 Å². The van der Waals surface area contributed by atoms with Crippen molar-refractivity contribution in [3.05, 3.63) is 22.4 Å². The Labute approximate surface area is 129 Å². The molecule has 1 saturated heterocycles. The zero-order chi connectivity index (χ0) is 15.2. The quantitative estimate of drug-likeness (QED) is 0.769. The molecule has 1 aliphatic rings. The first-order valence-electron chi connectivity index (χ1n) is 7.43. The van der Waals surface area contributed by atoms with Crippen molar-refractivity contribution in [2.45, 2.75) is 38.8 Å². The first kappa shape index (κ1) is 16.0. The minimum atomic E-state index is -0.499. The molecule has 1 fully saturated rings. The molecule has 0 spiro atoms. The predicted octanol–water partition coefficient (Wildman–Crippen LogP) is 1.37. The van der Waals surface area contributed by atoms with Gasteiger partial charge in [-0.3, -0.25) is 9.59 Å². The molecule has 1 aromatic rings. The second kappa shape index (κ2) is 7.56. The Morgan fingerprint density at radius 1 is 1.43 bits per heavy atom. The molecule has 21 heavy (non-hydrogen) atoms. The van der Waals surface area contributed by atoms with E-state index < -0.39 is 6.04 Å². The summed E-state index contributed by atoms with van der Waals surface area (Å²) >= 11 is 1.38. The number of carbonyl (C=O) groups excluding carboxylic acids is 2. The summed E-state index contributed by atoms with van der Waals surface area (Å²) in [4.78, 5) is 25.2. The van der Waals surface area contributed by atoms with Gasteiger partial charge in [0, 0.05) is 12.6 Å². The topological polar surface area (TPSA) is 70.2 Å². The van der Waals surface area contributed by atoms with Gasteiger partial charge >= 0.3 is 0 Å². The Bertz CT molecular complexity index is 467. The minimum absolute atomic E-state index is 0.0467. The van der Waals surface area contributed by atoms with E-state index in [1.807, 2.05) is 25.3 Å². The summed E-state index contributed by atoms with van der Waals surface area (Å²) in [6, 6.07) is 3.26. The lowest BCUT2D eigenvalue weighted by Gasteiger charge is -2.28. The highest BCUT2D eigenvalue weighted by Gasteiger charge is 2.27. The van der Waals surface area contributed by atoms with Crippen LogP contribution in [0.1, 0.15) is 36.4 Å². The van der Waals surface area contributed by atoms with Crippen LogP contribution in [-0.2, 0) is 4.79 Å². The molecule has 1 aliphatic heterocycles. The number of piperidine rings is 1. The molecule has 1 aromatic heterocycles. The fourth-order valence-electron chi connectivity index (χ4n) is 2.42. The van der Waals surface area contributed by atoms with E-state index in [0.29, 0.717) is 4.88 Å². The molecule has 0 bridgehead atoms. The summed E-state index contributed by atoms with van der Waals surface area (Å²) in [6.45, 7) is 5.70. The Morgan fingerprint density at radius 3 is 2.81 bits per heavy atom. The molecule has 3 N–H and O–H groups in total. The van der Waals surface area contributed by atoms with Crippen molar-refractivity contribution in [1.29, 1.82) is 0 Å². The third-order valence-electron chi connectivity index (χ3n) is 3.62. The molecule has 1 unspecified atom stereocenters. The molecule has 6 heteroatoms. The Balaban J connectivity index is 1.94. The van der Waals surface area contributed by atoms with E-state index in [2.05, 4.69) is 16.0 Å². The maximum atomic E-state index is 12.4. The first-order valence-corrected chi connectivity index (χ1v) is 8.31. The van der Waals surface area contributed by atoms with Crippen molar-refractivity contribution in [3.8, 4) is 0 Å². The van der Waals surface area contributed by atoms with Gasteiger partial charge in [0.05, 0.1) is 4.88 Å². The summed E-state index contributed by atoms with van der Waals surface area (Å²) in [5.41, 5.74) is 0. The molecule has 5 nitrogen and oxygen atoms in total. The SMILES string of the molecule is CC(C)C(NC(=O)c1cccs1)C(=O)N[C@H]1CCCNC1. The third kappa shape index (κ3) is 4.54. The van der Waals surface area contributed by atoms with Gasteiger partial charge in [0.1, 0.15) is 6.04 Å². The summed E-state index contributed by atoms with van der Waals surface area (Å²) in [5, 5.41) is 11.0. The van der Waals surface area contributed by atoms with Crippen LogP contribution in [0.2, 0.25) is 0 Å². The van der Waals surface area contributed by atoms with E-state index in [-0.39, 0.29) is 23.8 Å². The van der Waals surface area contributed by atoms with Crippen LogP contribution in [-0.4, -0.2) is 37.0 Å². The number of amides is 2. The van der Waals surface area contributed by atoms with Crippen LogP contribution in [0.5, 0.6) is 0 Å². The van der Waals surface area contributed by atoms with Gasteiger partial charge in [-0.15, -0.1) is 11.3 Å². The summed E-state index contributed by atoms with van der Waals surface area (Å²) in [6.07, 6.45) is 2.06. The van der Waals surface area contributed by atoms with Crippen LogP contribution >= 0.6 is 11.3 Å². The number of rotatable bonds is 5. The van der Waals surface area contributed by atoms with Crippen LogP contribution < -0.4 is 16.0 Å². The predicted molar refractivity (Wildman–Crippen MR) is 84.4 cm³/mol. The fourth-order valence-corrected chi connectivity index (χ4v) is 3.05. The second-order valence-electron chi connectivity index (χ2n) is 5.72. The highest BCUT2D eigenvalue weighted by molar-refractivity contribution is 7.12. The molecular formula is C15H23N3O2S. The van der Waals surface area contributed by atoms with Gasteiger partial charge in [-0.25, -0.2) is 0 Å². The maximum Gasteiger partial charge on any atom is 0.262 e. The van der Waals surface area contributed by atoms with Crippen LogP contribution in [0, 0.1) is 5.92 Å². The number of nitrogens with one attached hydrogen (secondary N) is 3. The normalized spacial score (nSPS) is 20.0. The van der Waals surface area contributed by atoms with Gasteiger partial charge in [-0.2, -0.15) is 0 Å². The maximum absolute atomic E-state index is 12.4. The van der Waals surface area contributed by atoms with E-state index in [1.54, 1.807) is 6.07 Å². The monoisotopic (exact) mass is 309 g/mol. The molecule has 2 atom stereocenters. The molecule has 2 rings (SSSR count). The molecule has 0 aromatic carbocycles. The molecule has 116 valence electrons. The summed E-state index contributed by atoms with van der Waals surface area (Å²) in [7, 11) is 0. The van der Waals surface area contributed by atoms with Crippen LogP contribution in [0.15, 0.2) is 17.5 Å². The van der Waals surface area contributed by atoms with Crippen molar-refractivity contribution in [2.75, 3.05) is 13.1 Å². The van der Waals surface area contributed by atoms with Gasteiger partial charge in [0.15, 0.2) is 0 Å². The Kier molecular flexibility index (Phi) is 5.76. The average Bonchev–Trinajstić information content (AvgIpc) is 2.99. The summed E-state index contributed by atoms with van der Waals surface area (Å²) in [5.74, 6) is -0.227. The van der Waals surface area contributed by atoms with E-state index >= 15 is 0 Å². The van der Waals surface area contributed by atoms with Gasteiger partial charge in [-0.1, -0.05) is 19.9 Å². The van der Waals surface area contributed by atoms with Gasteiger partial charge in [-0.05, 0) is 36.8 Å². The fraction of sp³-hybridized carbons (Fsp3) is 0.600. The molecule has 0 aliphatic carbocycles. The second-order valence-corrected chi connectivity index (χ2v) is 6.67. The van der Waals surface area contributed by atoms with E-state index in [1.165, 1.54) is 11.3 Å². The Morgan fingerprint density at radius 2 is 2.24 bits per heavy atom.